The van der Waals surface area contributed by atoms with Gasteiger partial charge in [-0.3, -0.25) is 9.78 Å². The normalized spacial score (nSPS) is 12.0. The number of hydrogen-bond acceptors (Lipinski definition) is 6. The van der Waals surface area contributed by atoms with Gasteiger partial charge in [0.25, 0.3) is 5.56 Å². The molecule has 0 aliphatic carbocycles. The fourth-order valence-electron chi connectivity index (χ4n) is 2.41. The number of aromatic nitrogens is 4. The minimum absolute atomic E-state index is 0.204. The molecule has 4 aromatic rings. The van der Waals surface area contributed by atoms with E-state index in [1.807, 2.05) is 24.3 Å². The summed E-state index contributed by atoms with van der Waals surface area (Å²) in [6.45, 7) is 0. The predicted octanol–water partition coefficient (Wildman–Crippen LogP) is 2.53. The number of methoxy groups -OCH3 is 1. The number of ether oxygens (including phenoxy) is 1. The lowest BCUT2D eigenvalue weighted by Gasteiger charge is -2.04. The Morgan fingerprint density at radius 2 is 2.20 bits per heavy atom. The summed E-state index contributed by atoms with van der Waals surface area (Å²) in [5, 5.41) is 4.31. The first kappa shape index (κ1) is 15.9. The van der Waals surface area contributed by atoms with E-state index in [1.54, 1.807) is 31.6 Å². The standard InChI is InChI=1S/C17H11BrN4O2S/c1-24-13-5-4-12(18)7-11(13)8-14-16(23)22-17(25-14)20-15(21-22)10-3-2-6-19-9-10/h2-9H,1H3/b14-8-. The maximum absolute atomic E-state index is 12.6. The van der Waals surface area contributed by atoms with Gasteiger partial charge in [0.05, 0.1) is 11.6 Å². The van der Waals surface area contributed by atoms with Gasteiger partial charge in [-0.25, -0.2) is 0 Å². The Morgan fingerprint density at radius 1 is 1.32 bits per heavy atom. The first-order chi connectivity index (χ1) is 12.2. The summed E-state index contributed by atoms with van der Waals surface area (Å²) in [6.07, 6.45) is 5.14. The molecule has 1 aromatic carbocycles. The van der Waals surface area contributed by atoms with Gasteiger partial charge < -0.3 is 4.74 Å². The quantitative estimate of drug-likeness (QED) is 0.515. The van der Waals surface area contributed by atoms with E-state index in [1.165, 1.54) is 15.9 Å². The Balaban J connectivity index is 1.85. The van der Waals surface area contributed by atoms with E-state index in [0.717, 1.165) is 15.6 Å². The van der Waals surface area contributed by atoms with Crippen molar-refractivity contribution < 1.29 is 4.74 Å². The van der Waals surface area contributed by atoms with Crippen LogP contribution in [0.15, 0.2) is 52.0 Å². The fourth-order valence-corrected chi connectivity index (χ4v) is 3.69. The second-order valence-electron chi connectivity index (χ2n) is 5.17. The Labute approximate surface area is 154 Å². The molecule has 0 aliphatic heterocycles. The number of benzene rings is 1. The average Bonchev–Trinajstić information content (AvgIpc) is 3.16. The summed E-state index contributed by atoms with van der Waals surface area (Å²) in [4.78, 5) is 21.7. The van der Waals surface area contributed by atoms with Gasteiger partial charge in [-0.2, -0.15) is 9.50 Å². The van der Waals surface area contributed by atoms with Crippen molar-refractivity contribution >= 4 is 38.3 Å². The zero-order chi connectivity index (χ0) is 17.4. The summed E-state index contributed by atoms with van der Waals surface area (Å²) < 4.78 is 8.13. The number of nitrogens with zero attached hydrogens (tertiary/aromatic N) is 4. The van der Waals surface area contributed by atoms with E-state index in [0.29, 0.717) is 21.1 Å². The Kier molecular flexibility index (Phi) is 4.06. The van der Waals surface area contributed by atoms with Crippen molar-refractivity contribution in [1.82, 2.24) is 19.6 Å². The molecule has 124 valence electrons. The molecular formula is C17H11BrN4O2S. The van der Waals surface area contributed by atoms with Crippen LogP contribution in [-0.4, -0.2) is 26.7 Å². The van der Waals surface area contributed by atoms with Gasteiger partial charge in [-0.15, -0.1) is 5.10 Å². The largest absolute Gasteiger partial charge is 0.496 e. The second-order valence-corrected chi connectivity index (χ2v) is 7.10. The van der Waals surface area contributed by atoms with Crippen LogP contribution >= 0.6 is 27.3 Å². The number of hydrogen-bond donors (Lipinski definition) is 0. The zero-order valence-electron chi connectivity index (χ0n) is 13.0. The van der Waals surface area contributed by atoms with Crippen LogP contribution in [0.4, 0.5) is 0 Å². The van der Waals surface area contributed by atoms with E-state index in [2.05, 4.69) is 31.0 Å². The number of pyridine rings is 1. The van der Waals surface area contributed by atoms with E-state index in [-0.39, 0.29) is 5.56 Å². The van der Waals surface area contributed by atoms with E-state index >= 15 is 0 Å². The van der Waals surface area contributed by atoms with Gasteiger partial charge in [0.1, 0.15) is 5.75 Å². The van der Waals surface area contributed by atoms with Crippen LogP contribution in [0.1, 0.15) is 5.56 Å². The number of rotatable bonds is 3. The van der Waals surface area contributed by atoms with Gasteiger partial charge >= 0.3 is 0 Å². The minimum Gasteiger partial charge on any atom is -0.496 e. The number of halogens is 1. The number of thiazole rings is 1. The molecular weight excluding hydrogens is 404 g/mol. The molecule has 0 saturated carbocycles. The van der Waals surface area contributed by atoms with Crippen molar-refractivity contribution in [3.8, 4) is 17.1 Å². The average molecular weight is 415 g/mol. The molecule has 0 N–H and O–H groups in total. The maximum Gasteiger partial charge on any atom is 0.291 e. The Bertz CT molecular complexity index is 1170. The molecule has 0 radical (unpaired) electrons. The molecule has 3 heterocycles. The molecule has 0 fully saturated rings. The summed E-state index contributed by atoms with van der Waals surface area (Å²) in [7, 11) is 1.60. The maximum atomic E-state index is 12.6. The van der Waals surface area contributed by atoms with Crippen LogP contribution in [-0.2, 0) is 0 Å². The lowest BCUT2D eigenvalue weighted by Crippen LogP contribution is -2.23. The highest BCUT2D eigenvalue weighted by molar-refractivity contribution is 9.10. The van der Waals surface area contributed by atoms with E-state index in [4.69, 9.17) is 4.74 Å². The van der Waals surface area contributed by atoms with Gasteiger partial charge in [0, 0.05) is 28.0 Å². The Hall–Kier alpha value is -2.58. The van der Waals surface area contributed by atoms with Crippen LogP contribution in [0, 0.1) is 0 Å². The predicted molar refractivity (Wildman–Crippen MR) is 99.8 cm³/mol. The molecule has 0 bridgehead atoms. The van der Waals surface area contributed by atoms with Crippen molar-refractivity contribution in [2.75, 3.05) is 7.11 Å². The van der Waals surface area contributed by atoms with Crippen molar-refractivity contribution in [1.29, 1.82) is 0 Å². The number of fused-ring (bicyclic) bond motifs is 1. The van der Waals surface area contributed by atoms with Crippen molar-refractivity contribution in [3.63, 3.8) is 0 Å². The molecule has 0 spiro atoms. The van der Waals surface area contributed by atoms with E-state index < -0.39 is 0 Å². The molecule has 0 atom stereocenters. The van der Waals surface area contributed by atoms with Crippen molar-refractivity contribution in [2.24, 2.45) is 0 Å². The van der Waals surface area contributed by atoms with Gasteiger partial charge in [0.15, 0.2) is 5.82 Å². The molecule has 6 nitrogen and oxygen atoms in total. The third kappa shape index (κ3) is 2.94. The molecule has 0 unspecified atom stereocenters. The molecule has 0 aliphatic rings. The van der Waals surface area contributed by atoms with Crippen LogP contribution in [0.3, 0.4) is 0 Å². The highest BCUT2D eigenvalue weighted by Crippen LogP contribution is 2.23. The highest BCUT2D eigenvalue weighted by atomic mass is 79.9. The van der Waals surface area contributed by atoms with Gasteiger partial charge in [-0.1, -0.05) is 27.3 Å². The summed E-state index contributed by atoms with van der Waals surface area (Å²) in [5.41, 5.74) is 1.38. The molecule has 8 heteroatoms. The molecule has 4 rings (SSSR count). The highest BCUT2D eigenvalue weighted by Gasteiger charge is 2.12. The molecule has 25 heavy (non-hydrogen) atoms. The molecule has 3 aromatic heterocycles. The molecule has 0 amide bonds. The van der Waals surface area contributed by atoms with E-state index in [9.17, 15) is 4.79 Å². The third-order valence-corrected chi connectivity index (χ3v) is 5.03. The monoisotopic (exact) mass is 414 g/mol. The summed E-state index contributed by atoms with van der Waals surface area (Å²) in [6, 6.07) is 9.29. The van der Waals surface area contributed by atoms with Crippen LogP contribution in [0.2, 0.25) is 0 Å². The summed E-state index contributed by atoms with van der Waals surface area (Å²) >= 11 is 4.72. The first-order valence-corrected chi connectivity index (χ1v) is 8.92. The lowest BCUT2D eigenvalue weighted by atomic mass is 10.2. The third-order valence-electron chi connectivity index (χ3n) is 3.58. The van der Waals surface area contributed by atoms with Crippen LogP contribution < -0.4 is 14.8 Å². The first-order valence-electron chi connectivity index (χ1n) is 7.31. The van der Waals surface area contributed by atoms with Crippen LogP contribution in [0.5, 0.6) is 5.75 Å². The van der Waals surface area contributed by atoms with Crippen LogP contribution in [0.25, 0.3) is 22.4 Å². The fraction of sp³-hybridized carbons (Fsp3) is 0.0588. The smallest absolute Gasteiger partial charge is 0.291 e. The topological polar surface area (TPSA) is 69.4 Å². The van der Waals surface area contributed by atoms with Gasteiger partial charge in [-0.05, 0) is 36.4 Å². The minimum atomic E-state index is -0.204. The van der Waals surface area contributed by atoms with Gasteiger partial charge in [0.2, 0.25) is 4.96 Å². The lowest BCUT2D eigenvalue weighted by molar-refractivity contribution is 0.414. The Morgan fingerprint density at radius 3 is 2.92 bits per heavy atom. The SMILES string of the molecule is COc1ccc(Br)cc1/C=c1\sc2nc(-c3cccnc3)nn2c1=O. The summed E-state index contributed by atoms with van der Waals surface area (Å²) in [5.74, 6) is 1.18. The van der Waals surface area contributed by atoms with Crippen molar-refractivity contribution in [2.45, 2.75) is 0 Å². The second kappa shape index (κ2) is 6.38. The zero-order valence-corrected chi connectivity index (χ0v) is 15.4. The van der Waals surface area contributed by atoms with Crippen molar-refractivity contribution in [3.05, 3.63) is 67.6 Å². The molecule has 0 saturated heterocycles.